The molecule has 1 saturated heterocycles. The van der Waals surface area contributed by atoms with Gasteiger partial charge in [-0.05, 0) is 49.7 Å². The molecule has 0 aromatic heterocycles. The molecule has 1 aliphatic carbocycles. The van der Waals surface area contributed by atoms with Gasteiger partial charge in [-0.15, -0.1) is 0 Å². The molecule has 0 radical (unpaired) electrons. The van der Waals surface area contributed by atoms with Crippen LogP contribution in [0.25, 0.3) is 0 Å². The number of rotatable bonds is 3. The highest BCUT2D eigenvalue weighted by Gasteiger charge is 2.38. The number of benzene rings is 1. The molecule has 1 aromatic rings. The number of fused-ring (bicyclic) bond motifs is 2. The molecule has 5 nitrogen and oxygen atoms in total. The van der Waals surface area contributed by atoms with Crippen molar-refractivity contribution >= 4 is 17.5 Å². The van der Waals surface area contributed by atoms with Gasteiger partial charge in [0.05, 0.1) is 12.6 Å². The smallest absolute Gasteiger partial charge is 0.246 e. The van der Waals surface area contributed by atoms with E-state index in [0.29, 0.717) is 12.0 Å². The van der Waals surface area contributed by atoms with E-state index in [1.807, 2.05) is 23.1 Å². The fourth-order valence-corrected chi connectivity index (χ4v) is 4.70. The van der Waals surface area contributed by atoms with Crippen molar-refractivity contribution in [3.63, 3.8) is 0 Å². The number of hydrogen-bond acceptors (Lipinski definition) is 3. The van der Waals surface area contributed by atoms with Gasteiger partial charge in [0.2, 0.25) is 11.8 Å². The zero-order valence-corrected chi connectivity index (χ0v) is 14.7. The highest BCUT2D eigenvalue weighted by molar-refractivity contribution is 5.98. The third-order valence-electron chi connectivity index (χ3n) is 6.00. The molecule has 134 valence electrons. The first-order valence-electron chi connectivity index (χ1n) is 9.64. The summed E-state index contributed by atoms with van der Waals surface area (Å²) in [5, 5.41) is 6.34. The first kappa shape index (κ1) is 16.6. The van der Waals surface area contributed by atoms with Crippen LogP contribution >= 0.6 is 0 Å². The second-order valence-corrected chi connectivity index (χ2v) is 7.60. The van der Waals surface area contributed by atoms with E-state index < -0.39 is 0 Å². The van der Waals surface area contributed by atoms with E-state index >= 15 is 0 Å². The highest BCUT2D eigenvalue weighted by Crippen LogP contribution is 2.33. The molecule has 1 aromatic carbocycles. The summed E-state index contributed by atoms with van der Waals surface area (Å²) < 4.78 is 0. The Morgan fingerprint density at radius 3 is 2.88 bits per heavy atom. The third-order valence-corrected chi connectivity index (χ3v) is 6.00. The van der Waals surface area contributed by atoms with Crippen molar-refractivity contribution in [3.05, 3.63) is 29.8 Å². The summed E-state index contributed by atoms with van der Waals surface area (Å²) in [4.78, 5) is 26.9. The lowest BCUT2D eigenvalue weighted by Gasteiger charge is -2.29. The molecule has 0 bridgehead atoms. The molecule has 2 amide bonds. The largest absolute Gasteiger partial charge is 0.346 e. The summed E-state index contributed by atoms with van der Waals surface area (Å²) in [6, 6.07) is 8.42. The summed E-state index contributed by atoms with van der Waals surface area (Å²) >= 11 is 0. The number of hydrogen-bond donors (Lipinski definition) is 2. The molecule has 5 heteroatoms. The maximum Gasteiger partial charge on any atom is 0.246 e. The van der Waals surface area contributed by atoms with Crippen molar-refractivity contribution in [1.29, 1.82) is 0 Å². The Labute approximate surface area is 149 Å². The first-order chi connectivity index (χ1) is 12.2. The number of carbonyl (C=O) groups is 2. The molecule has 3 unspecified atom stereocenters. The van der Waals surface area contributed by atoms with E-state index in [1.54, 1.807) is 0 Å². The SMILES string of the molecule is O=C(NCC(=O)N1CCCc2ccccc21)C1CC2CCCCC2N1. The van der Waals surface area contributed by atoms with Crippen molar-refractivity contribution in [2.75, 3.05) is 18.0 Å². The van der Waals surface area contributed by atoms with E-state index in [2.05, 4.69) is 16.7 Å². The van der Waals surface area contributed by atoms with Crippen LogP contribution in [-0.2, 0) is 16.0 Å². The minimum Gasteiger partial charge on any atom is -0.346 e. The zero-order valence-electron chi connectivity index (χ0n) is 14.7. The normalized spacial score (nSPS) is 28.2. The van der Waals surface area contributed by atoms with Crippen molar-refractivity contribution in [3.8, 4) is 0 Å². The Hall–Kier alpha value is -1.88. The minimum absolute atomic E-state index is 0.0177. The summed E-state index contributed by atoms with van der Waals surface area (Å²) in [6.07, 6.45) is 7.85. The van der Waals surface area contributed by atoms with Crippen LogP contribution < -0.4 is 15.5 Å². The predicted molar refractivity (Wildman–Crippen MR) is 97.4 cm³/mol. The van der Waals surface area contributed by atoms with Crippen LogP contribution in [0.3, 0.4) is 0 Å². The van der Waals surface area contributed by atoms with Crippen LogP contribution in [0, 0.1) is 5.92 Å². The molecule has 0 spiro atoms. The molecular weight excluding hydrogens is 314 g/mol. The molecule has 25 heavy (non-hydrogen) atoms. The Morgan fingerprint density at radius 1 is 1.16 bits per heavy atom. The molecule has 2 fully saturated rings. The van der Waals surface area contributed by atoms with Gasteiger partial charge in [0.15, 0.2) is 0 Å². The number of nitrogens with zero attached hydrogens (tertiary/aromatic N) is 1. The number of amides is 2. The maximum atomic E-state index is 12.6. The van der Waals surface area contributed by atoms with E-state index in [4.69, 9.17) is 0 Å². The second kappa shape index (κ2) is 7.16. The number of nitrogens with one attached hydrogen (secondary N) is 2. The van der Waals surface area contributed by atoms with E-state index in [9.17, 15) is 9.59 Å². The fraction of sp³-hybridized carbons (Fsp3) is 0.600. The summed E-state index contributed by atoms with van der Waals surface area (Å²) in [5.41, 5.74) is 2.22. The Morgan fingerprint density at radius 2 is 2.00 bits per heavy atom. The number of anilines is 1. The molecular formula is C20H27N3O2. The second-order valence-electron chi connectivity index (χ2n) is 7.60. The van der Waals surface area contributed by atoms with E-state index in [-0.39, 0.29) is 24.4 Å². The van der Waals surface area contributed by atoms with Crippen molar-refractivity contribution in [1.82, 2.24) is 10.6 Å². The lowest BCUT2D eigenvalue weighted by Crippen LogP contribution is -2.48. The van der Waals surface area contributed by atoms with Gasteiger partial charge >= 0.3 is 0 Å². The van der Waals surface area contributed by atoms with Gasteiger partial charge in [-0.3, -0.25) is 9.59 Å². The van der Waals surface area contributed by atoms with Gasteiger partial charge in [0.25, 0.3) is 0 Å². The Bertz CT molecular complexity index is 646. The third kappa shape index (κ3) is 3.43. The predicted octanol–water partition coefficient (Wildman–Crippen LogP) is 2.00. The highest BCUT2D eigenvalue weighted by atomic mass is 16.2. The number of aryl methyl sites for hydroxylation is 1. The first-order valence-corrected chi connectivity index (χ1v) is 9.64. The van der Waals surface area contributed by atoms with Crippen molar-refractivity contribution in [2.24, 2.45) is 5.92 Å². The average Bonchev–Trinajstić information content (AvgIpc) is 3.09. The van der Waals surface area contributed by atoms with Crippen molar-refractivity contribution in [2.45, 2.75) is 57.0 Å². The lowest BCUT2D eigenvalue weighted by molar-refractivity contribution is -0.126. The lowest BCUT2D eigenvalue weighted by atomic mass is 9.85. The van der Waals surface area contributed by atoms with Gasteiger partial charge < -0.3 is 15.5 Å². The monoisotopic (exact) mass is 341 g/mol. The summed E-state index contributed by atoms with van der Waals surface area (Å²) in [6.45, 7) is 0.818. The maximum absolute atomic E-state index is 12.6. The Balaban J connectivity index is 1.33. The number of carbonyl (C=O) groups excluding carboxylic acids is 2. The molecule has 1 saturated carbocycles. The van der Waals surface area contributed by atoms with Crippen LogP contribution in [0.1, 0.15) is 44.1 Å². The molecule has 2 heterocycles. The van der Waals surface area contributed by atoms with Gasteiger partial charge in [0.1, 0.15) is 0 Å². The molecule has 2 N–H and O–H groups in total. The number of para-hydroxylation sites is 1. The molecule has 3 atom stereocenters. The van der Waals surface area contributed by atoms with Crippen LogP contribution in [0.5, 0.6) is 0 Å². The van der Waals surface area contributed by atoms with Crippen molar-refractivity contribution < 1.29 is 9.59 Å². The van der Waals surface area contributed by atoms with Crippen LogP contribution in [0.2, 0.25) is 0 Å². The van der Waals surface area contributed by atoms with Gasteiger partial charge in [-0.1, -0.05) is 31.0 Å². The summed E-state index contributed by atoms with van der Waals surface area (Å²) in [7, 11) is 0. The fourth-order valence-electron chi connectivity index (χ4n) is 4.70. The standard InChI is InChI=1S/C20H27N3O2/c24-19(23-11-5-8-14-6-2-4-10-18(14)23)13-21-20(25)17-12-15-7-1-3-9-16(15)22-17/h2,4,6,10,15-17,22H,1,3,5,7-9,11-13H2,(H,21,25). The summed E-state index contributed by atoms with van der Waals surface area (Å²) in [5.74, 6) is 0.595. The quantitative estimate of drug-likeness (QED) is 0.884. The minimum atomic E-state index is -0.130. The van der Waals surface area contributed by atoms with Crippen LogP contribution in [0.4, 0.5) is 5.69 Å². The van der Waals surface area contributed by atoms with Crippen LogP contribution in [-0.4, -0.2) is 37.0 Å². The van der Waals surface area contributed by atoms with Crippen LogP contribution in [0.15, 0.2) is 24.3 Å². The van der Waals surface area contributed by atoms with E-state index in [1.165, 1.54) is 31.2 Å². The molecule has 2 aliphatic heterocycles. The van der Waals surface area contributed by atoms with Gasteiger partial charge in [-0.2, -0.15) is 0 Å². The topological polar surface area (TPSA) is 61.4 Å². The van der Waals surface area contributed by atoms with E-state index in [0.717, 1.165) is 31.5 Å². The molecule has 4 rings (SSSR count). The molecule has 3 aliphatic rings. The Kier molecular flexibility index (Phi) is 4.75. The van der Waals surface area contributed by atoms with Gasteiger partial charge in [0, 0.05) is 18.3 Å². The zero-order chi connectivity index (χ0) is 17.2. The average molecular weight is 341 g/mol. The van der Waals surface area contributed by atoms with Gasteiger partial charge in [-0.25, -0.2) is 0 Å².